The van der Waals surface area contributed by atoms with Crippen LogP contribution in [0.3, 0.4) is 0 Å². The van der Waals surface area contributed by atoms with Crippen molar-refractivity contribution in [2.45, 2.75) is 26.8 Å². The Bertz CT molecular complexity index is 633. The SMILES string of the molecule is CCOC(=O)N[C@H](C(=O)Nc1nc2ccccc2[nH]1)C(C)C. The zero-order valence-electron chi connectivity index (χ0n) is 12.8. The molecule has 2 aromatic rings. The second-order valence-electron chi connectivity index (χ2n) is 5.18. The fraction of sp³-hybridized carbons (Fsp3) is 0.400. The molecule has 0 unspecified atom stereocenters. The van der Waals surface area contributed by atoms with Crippen LogP contribution >= 0.6 is 0 Å². The standard InChI is InChI=1S/C15H20N4O3/c1-4-22-15(21)18-12(9(2)3)13(20)19-14-16-10-7-5-6-8-11(10)17-14/h5-9,12H,4H2,1-3H3,(H,18,21)(H2,16,17,19,20)/t12-/m0/s1. The first-order chi connectivity index (χ1) is 10.5. The minimum absolute atomic E-state index is 0.0891. The van der Waals surface area contributed by atoms with Crippen LogP contribution in [0.2, 0.25) is 0 Å². The van der Waals surface area contributed by atoms with Crippen LogP contribution in [-0.2, 0) is 9.53 Å². The van der Waals surface area contributed by atoms with Gasteiger partial charge in [0, 0.05) is 0 Å². The van der Waals surface area contributed by atoms with E-state index in [1.807, 2.05) is 38.1 Å². The lowest BCUT2D eigenvalue weighted by Crippen LogP contribution is -2.47. The summed E-state index contributed by atoms with van der Waals surface area (Å²) in [6.45, 7) is 5.64. The molecule has 0 aliphatic rings. The summed E-state index contributed by atoms with van der Waals surface area (Å²) in [4.78, 5) is 31.1. The number of benzene rings is 1. The zero-order chi connectivity index (χ0) is 16.1. The Balaban J connectivity index is 2.08. The first-order valence-corrected chi connectivity index (χ1v) is 7.20. The second kappa shape index (κ2) is 6.93. The van der Waals surface area contributed by atoms with Gasteiger partial charge in [0.25, 0.3) is 0 Å². The number of alkyl carbamates (subject to hydrolysis) is 1. The topological polar surface area (TPSA) is 96.1 Å². The molecule has 1 atom stereocenters. The van der Waals surface area contributed by atoms with E-state index in [0.717, 1.165) is 11.0 Å². The molecule has 22 heavy (non-hydrogen) atoms. The van der Waals surface area contributed by atoms with Crippen LogP contribution in [-0.4, -0.2) is 34.6 Å². The molecule has 1 heterocycles. The number of hydrogen-bond donors (Lipinski definition) is 3. The maximum Gasteiger partial charge on any atom is 0.407 e. The summed E-state index contributed by atoms with van der Waals surface area (Å²) in [6, 6.07) is 6.76. The second-order valence-corrected chi connectivity index (χ2v) is 5.18. The molecular formula is C15H20N4O3. The Morgan fingerprint density at radius 2 is 2.05 bits per heavy atom. The number of aromatic nitrogens is 2. The molecule has 0 saturated carbocycles. The molecule has 7 nitrogen and oxygen atoms in total. The van der Waals surface area contributed by atoms with Crippen molar-refractivity contribution < 1.29 is 14.3 Å². The predicted octanol–water partition coefficient (Wildman–Crippen LogP) is 2.27. The van der Waals surface area contributed by atoms with Gasteiger partial charge in [-0.05, 0) is 25.0 Å². The Labute approximate surface area is 128 Å². The number of nitrogens with zero attached hydrogens (tertiary/aromatic N) is 1. The third-order valence-electron chi connectivity index (χ3n) is 3.13. The van der Waals surface area contributed by atoms with Crippen molar-refractivity contribution in [3.63, 3.8) is 0 Å². The minimum atomic E-state index is -0.702. The van der Waals surface area contributed by atoms with Crippen LogP contribution in [0.25, 0.3) is 11.0 Å². The molecule has 0 radical (unpaired) electrons. The summed E-state index contributed by atoms with van der Waals surface area (Å²) >= 11 is 0. The lowest BCUT2D eigenvalue weighted by atomic mass is 10.0. The lowest BCUT2D eigenvalue weighted by Gasteiger charge is -2.20. The van der Waals surface area contributed by atoms with Gasteiger partial charge in [0.1, 0.15) is 6.04 Å². The number of aromatic amines is 1. The van der Waals surface area contributed by atoms with Gasteiger partial charge in [-0.3, -0.25) is 10.1 Å². The summed E-state index contributed by atoms with van der Waals surface area (Å²) in [5.41, 5.74) is 1.59. The smallest absolute Gasteiger partial charge is 0.407 e. The van der Waals surface area contributed by atoms with E-state index in [2.05, 4.69) is 20.6 Å². The number of amides is 2. The van der Waals surface area contributed by atoms with Gasteiger partial charge in [0.05, 0.1) is 17.6 Å². The highest BCUT2D eigenvalue weighted by Gasteiger charge is 2.25. The molecule has 1 aromatic carbocycles. The number of para-hydroxylation sites is 2. The molecule has 1 aromatic heterocycles. The van der Waals surface area contributed by atoms with Crippen molar-refractivity contribution in [2.75, 3.05) is 11.9 Å². The van der Waals surface area contributed by atoms with E-state index < -0.39 is 12.1 Å². The monoisotopic (exact) mass is 304 g/mol. The number of rotatable bonds is 5. The number of H-pyrrole nitrogens is 1. The summed E-state index contributed by atoms with van der Waals surface area (Å²) in [6.07, 6.45) is -0.610. The minimum Gasteiger partial charge on any atom is -0.450 e. The first-order valence-electron chi connectivity index (χ1n) is 7.20. The fourth-order valence-electron chi connectivity index (χ4n) is 2.04. The molecule has 0 bridgehead atoms. The first kappa shape index (κ1) is 15.8. The van der Waals surface area contributed by atoms with Gasteiger partial charge in [-0.25, -0.2) is 9.78 Å². The van der Waals surface area contributed by atoms with Gasteiger partial charge < -0.3 is 15.0 Å². The number of anilines is 1. The van der Waals surface area contributed by atoms with E-state index in [1.54, 1.807) is 6.92 Å². The van der Waals surface area contributed by atoms with E-state index in [9.17, 15) is 9.59 Å². The van der Waals surface area contributed by atoms with Crippen LogP contribution in [0.5, 0.6) is 0 Å². The van der Waals surface area contributed by atoms with Gasteiger partial charge in [-0.15, -0.1) is 0 Å². The quantitative estimate of drug-likeness (QED) is 0.789. The number of imidazole rings is 1. The molecule has 2 amide bonds. The van der Waals surface area contributed by atoms with Gasteiger partial charge in [-0.1, -0.05) is 26.0 Å². The van der Waals surface area contributed by atoms with Crippen molar-refractivity contribution >= 4 is 29.0 Å². The maximum absolute atomic E-state index is 12.3. The van der Waals surface area contributed by atoms with Crippen LogP contribution in [0.15, 0.2) is 24.3 Å². The Morgan fingerprint density at radius 3 is 2.68 bits per heavy atom. The summed E-state index contributed by atoms with van der Waals surface area (Å²) in [5, 5.41) is 5.24. The molecule has 118 valence electrons. The summed E-state index contributed by atoms with van der Waals surface area (Å²) in [7, 11) is 0. The van der Waals surface area contributed by atoms with E-state index in [0.29, 0.717) is 5.95 Å². The molecule has 0 saturated heterocycles. The van der Waals surface area contributed by atoms with Crippen LogP contribution in [0.4, 0.5) is 10.7 Å². The van der Waals surface area contributed by atoms with Crippen molar-refractivity contribution in [3.05, 3.63) is 24.3 Å². The van der Waals surface area contributed by atoms with Crippen LogP contribution in [0.1, 0.15) is 20.8 Å². The number of carbonyl (C=O) groups is 2. The Morgan fingerprint density at radius 1 is 1.32 bits per heavy atom. The van der Waals surface area contributed by atoms with Crippen molar-refractivity contribution in [3.8, 4) is 0 Å². The van der Waals surface area contributed by atoms with Gasteiger partial charge in [-0.2, -0.15) is 0 Å². The average Bonchev–Trinajstić information content (AvgIpc) is 2.86. The third kappa shape index (κ3) is 3.75. The van der Waals surface area contributed by atoms with Gasteiger partial charge in [0.2, 0.25) is 11.9 Å². The third-order valence-corrected chi connectivity index (χ3v) is 3.13. The highest BCUT2D eigenvalue weighted by Crippen LogP contribution is 2.14. The summed E-state index contributed by atoms with van der Waals surface area (Å²) in [5.74, 6) is -0.0848. The number of ether oxygens (including phenoxy) is 1. The highest BCUT2D eigenvalue weighted by molar-refractivity contribution is 5.96. The molecule has 7 heteroatoms. The molecule has 0 aliphatic heterocycles. The highest BCUT2D eigenvalue weighted by atomic mass is 16.5. The maximum atomic E-state index is 12.3. The normalized spacial score (nSPS) is 12.2. The number of hydrogen-bond acceptors (Lipinski definition) is 4. The van der Waals surface area contributed by atoms with E-state index >= 15 is 0 Å². The molecule has 0 spiro atoms. The Hall–Kier alpha value is -2.57. The predicted molar refractivity (Wildman–Crippen MR) is 83.5 cm³/mol. The lowest BCUT2D eigenvalue weighted by molar-refractivity contribution is -0.119. The van der Waals surface area contributed by atoms with Crippen molar-refractivity contribution in [2.24, 2.45) is 5.92 Å². The fourth-order valence-corrected chi connectivity index (χ4v) is 2.04. The van der Waals surface area contributed by atoms with Gasteiger partial charge >= 0.3 is 6.09 Å². The van der Waals surface area contributed by atoms with Crippen LogP contribution < -0.4 is 10.6 Å². The average molecular weight is 304 g/mol. The molecule has 2 rings (SSSR count). The summed E-state index contributed by atoms with van der Waals surface area (Å²) < 4.78 is 4.82. The van der Waals surface area contributed by atoms with E-state index in [4.69, 9.17) is 4.74 Å². The number of nitrogens with one attached hydrogen (secondary N) is 3. The Kier molecular flexibility index (Phi) is 4.98. The van der Waals surface area contributed by atoms with E-state index in [1.165, 1.54) is 0 Å². The van der Waals surface area contributed by atoms with Crippen molar-refractivity contribution in [1.82, 2.24) is 15.3 Å². The number of fused-ring (bicyclic) bond motifs is 1. The van der Waals surface area contributed by atoms with Gasteiger partial charge in [0.15, 0.2) is 0 Å². The molecule has 0 aliphatic carbocycles. The largest absolute Gasteiger partial charge is 0.450 e. The molecular weight excluding hydrogens is 284 g/mol. The number of carbonyl (C=O) groups excluding carboxylic acids is 2. The van der Waals surface area contributed by atoms with Crippen LogP contribution in [0, 0.1) is 5.92 Å². The molecule has 3 N–H and O–H groups in total. The van der Waals surface area contributed by atoms with Crippen molar-refractivity contribution in [1.29, 1.82) is 0 Å². The zero-order valence-corrected chi connectivity index (χ0v) is 12.8. The van der Waals surface area contributed by atoms with E-state index in [-0.39, 0.29) is 18.4 Å². The molecule has 0 fully saturated rings.